The zero-order valence-corrected chi connectivity index (χ0v) is 20.1. The number of aromatic amines is 1. The number of fused-ring (bicyclic) bond motifs is 1. The number of para-hydroxylation sites is 1. The Balaban J connectivity index is 1.81. The van der Waals surface area contributed by atoms with Gasteiger partial charge in [0.15, 0.2) is 11.5 Å². The first-order valence-electron chi connectivity index (χ1n) is 12.2. The van der Waals surface area contributed by atoms with Crippen LogP contribution in [0.2, 0.25) is 0 Å². The maximum absolute atomic E-state index is 13.4. The second kappa shape index (κ2) is 10.6. The molecule has 7 heteroatoms. The van der Waals surface area contributed by atoms with Crippen molar-refractivity contribution in [2.24, 2.45) is 0 Å². The van der Waals surface area contributed by atoms with Crippen LogP contribution in [-0.4, -0.2) is 45.9 Å². The molecule has 0 bridgehead atoms. The summed E-state index contributed by atoms with van der Waals surface area (Å²) in [5, 5.41) is 17.9. The lowest BCUT2D eigenvalue weighted by molar-refractivity contribution is 0.0741. The quantitative estimate of drug-likeness (QED) is 0.356. The molecule has 0 unspecified atom stereocenters. The molecule has 7 nitrogen and oxygen atoms in total. The summed E-state index contributed by atoms with van der Waals surface area (Å²) in [5.41, 5.74) is 3.37. The Morgan fingerprint density at radius 3 is 2.56 bits per heavy atom. The standard InChI is InChI=1S/C27H33N3O4/c1-4-7-15-30-26(18-13-14-21(34-16-8-5-2)22(17-18)33-6-3)23-24(28-29-25(23)27(30)32)19-11-9-10-12-20(19)31/h9-14,17,26,31H,4-8,15-16H2,1-3H3,(H,28,29)/t26-/m0/s1. The largest absolute Gasteiger partial charge is 0.507 e. The molecule has 1 amide bonds. The number of carbonyl (C=O) groups excluding carboxylic acids is 1. The molecule has 0 radical (unpaired) electrons. The van der Waals surface area contributed by atoms with E-state index in [2.05, 4.69) is 24.0 Å². The number of nitrogens with zero attached hydrogens (tertiary/aromatic N) is 2. The van der Waals surface area contributed by atoms with Crippen LogP contribution < -0.4 is 9.47 Å². The number of phenols is 1. The summed E-state index contributed by atoms with van der Waals surface area (Å²) in [6, 6.07) is 12.6. The molecule has 1 aliphatic rings. The number of ether oxygens (including phenoxy) is 2. The molecule has 1 atom stereocenters. The van der Waals surface area contributed by atoms with E-state index in [0.717, 1.165) is 36.8 Å². The summed E-state index contributed by atoms with van der Waals surface area (Å²) in [4.78, 5) is 15.3. The molecule has 34 heavy (non-hydrogen) atoms. The molecule has 0 spiro atoms. The third-order valence-electron chi connectivity index (χ3n) is 6.11. The van der Waals surface area contributed by atoms with Gasteiger partial charge >= 0.3 is 0 Å². The molecule has 0 saturated heterocycles. The molecule has 4 rings (SSSR count). The Morgan fingerprint density at radius 1 is 1.03 bits per heavy atom. The van der Waals surface area contributed by atoms with Crippen LogP contribution in [0.4, 0.5) is 0 Å². The maximum Gasteiger partial charge on any atom is 0.273 e. The van der Waals surface area contributed by atoms with E-state index < -0.39 is 0 Å². The molecule has 3 aromatic rings. The van der Waals surface area contributed by atoms with Gasteiger partial charge in [0.05, 0.1) is 19.3 Å². The average molecular weight is 464 g/mol. The number of nitrogens with one attached hydrogen (secondary N) is 1. The van der Waals surface area contributed by atoms with E-state index in [1.54, 1.807) is 12.1 Å². The predicted molar refractivity (Wildman–Crippen MR) is 131 cm³/mol. The van der Waals surface area contributed by atoms with Crippen LogP contribution in [0.25, 0.3) is 11.3 Å². The van der Waals surface area contributed by atoms with Crippen LogP contribution in [0, 0.1) is 0 Å². The summed E-state index contributed by atoms with van der Waals surface area (Å²) < 4.78 is 11.9. The highest BCUT2D eigenvalue weighted by molar-refractivity contribution is 6.00. The van der Waals surface area contributed by atoms with E-state index >= 15 is 0 Å². The van der Waals surface area contributed by atoms with E-state index in [0.29, 0.717) is 48.2 Å². The minimum atomic E-state index is -0.341. The molecule has 2 heterocycles. The molecule has 1 aliphatic heterocycles. The summed E-state index contributed by atoms with van der Waals surface area (Å²) in [5.74, 6) is 1.42. The number of benzene rings is 2. The predicted octanol–water partition coefficient (Wildman–Crippen LogP) is 5.71. The Hall–Kier alpha value is -3.48. The number of unbranched alkanes of at least 4 members (excludes halogenated alkanes) is 2. The van der Waals surface area contributed by atoms with Gasteiger partial charge in [-0.05, 0) is 49.6 Å². The molecular weight excluding hydrogens is 430 g/mol. The van der Waals surface area contributed by atoms with Gasteiger partial charge in [-0.15, -0.1) is 0 Å². The van der Waals surface area contributed by atoms with E-state index in [1.165, 1.54) is 0 Å². The Kier molecular flexibility index (Phi) is 7.40. The zero-order valence-electron chi connectivity index (χ0n) is 20.1. The minimum absolute atomic E-state index is 0.0798. The van der Waals surface area contributed by atoms with Crippen molar-refractivity contribution in [1.82, 2.24) is 15.1 Å². The topological polar surface area (TPSA) is 87.7 Å². The van der Waals surface area contributed by atoms with Crippen molar-refractivity contribution in [3.63, 3.8) is 0 Å². The van der Waals surface area contributed by atoms with Crippen molar-refractivity contribution in [2.75, 3.05) is 19.8 Å². The van der Waals surface area contributed by atoms with Crippen molar-refractivity contribution in [3.05, 3.63) is 59.3 Å². The number of hydrogen-bond acceptors (Lipinski definition) is 5. The first-order chi connectivity index (χ1) is 16.6. The van der Waals surface area contributed by atoms with Gasteiger partial charge in [-0.25, -0.2) is 0 Å². The van der Waals surface area contributed by atoms with E-state index in [-0.39, 0.29) is 17.7 Å². The first kappa shape index (κ1) is 23.7. The van der Waals surface area contributed by atoms with Gasteiger partial charge in [0.2, 0.25) is 0 Å². The van der Waals surface area contributed by atoms with E-state index in [1.807, 2.05) is 42.2 Å². The van der Waals surface area contributed by atoms with Crippen molar-refractivity contribution in [3.8, 4) is 28.5 Å². The van der Waals surface area contributed by atoms with Crippen LogP contribution >= 0.6 is 0 Å². The van der Waals surface area contributed by atoms with Gasteiger partial charge < -0.3 is 19.5 Å². The van der Waals surface area contributed by atoms with Gasteiger partial charge in [-0.1, -0.05) is 44.9 Å². The van der Waals surface area contributed by atoms with E-state index in [9.17, 15) is 9.90 Å². The number of aromatic hydroxyl groups is 1. The van der Waals surface area contributed by atoms with Crippen molar-refractivity contribution in [1.29, 1.82) is 0 Å². The highest BCUT2D eigenvalue weighted by Crippen LogP contribution is 2.46. The lowest BCUT2D eigenvalue weighted by Gasteiger charge is -2.27. The second-order valence-corrected chi connectivity index (χ2v) is 8.47. The normalized spacial score (nSPS) is 15.0. The number of aromatic nitrogens is 2. The average Bonchev–Trinajstić information content (AvgIpc) is 3.38. The molecule has 180 valence electrons. The molecule has 0 aliphatic carbocycles. The maximum atomic E-state index is 13.4. The van der Waals surface area contributed by atoms with Crippen LogP contribution in [0.15, 0.2) is 42.5 Å². The molecular formula is C27H33N3O4. The monoisotopic (exact) mass is 463 g/mol. The molecule has 0 fully saturated rings. The van der Waals surface area contributed by atoms with Gasteiger partial charge in [0, 0.05) is 17.7 Å². The van der Waals surface area contributed by atoms with Gasteiger partial charge in [0.25, 0.3) is 5.91 Å². The summed E-state index contributed by atoms with van der Waals surface area (Å²) >= 11 is 0. The third kappa shape index (κ3) is 4.47. The zero-order chi connectivity index (χ0) is 24.1. The van der Waals surface area contributed by atoms with Gasteiger partial charge in [0.1, 0.15) is 17.1 Å². The Labute approximate surface area is 200 Å². The number of rotatable bonds is 11. The van der Waals surface area contributed by atoms with Crippen molar-refractivity contribution in [2.45, 2.75) is 52.5 Å². The number of amides is 1. The smallest absolute Gasteiger partial charge is 0.273 e. The molecule has 1 aromatic heterocycles. The van der Waals surface area contributed by atoms with Gasteiger partial charge in [-0.3, -0.25) is 9.89 Å². The summed E-state index contributed by atoms with van der Waals surface area (Å²) in [6.45, 7) is 7.95. The van der Waals surface area contributed by atoms with Crippen LogP contribution in [-0.2, 0) is 0 Å². The number of H-pyrrole nitrogens is 1. The highest BCUT2D eigenvalue weighted by atomic mass is 16.5. The molecule has 2 N–H and O–H groups in total. The Morgan fingerprint density at radius 2 is 1.82 bits per heavy atom. The SMILES string of the molecule is CCCCOc1ccc([C@H]2c3c(-c4ccccc4O)n[nH]c3C(=O)N2CCCC)cc1OCC. The minimum Gasteiger partial charge on any atom is -0.507 e. The van der Waals surface area contributed by atoms with Crippen LogP contribution in [0.1, 0.15) is 74.1 Å². The number of hydrogen-bond donors (Lipinski definition) is 2. The van der Waals surface area contributed by atoms with Gasteiger partial charge in [-0.2, -0.15) is 5.10 Å². The number of phenolic OH excluding ortho intramolecular Hbond substituents is 1. The fourth-order valence-electron chi connectivity index (χ4n) is 4.39. The first-order valence-corrected chi connectivity index (χ1v) is 12.2. The van der Waals surface area contributed by atoms with E-state index in [4.69, 9.17) is 9.47 Å². The molecule has 2 aromatic carbocycles. The number of carbonyl (C=O) groups is 1. The lowest BCUT2D eigenvalue weighted by atomic mass is 9.95. The Bertz CT molecular complexity index is 1140. The second-order valence-electron chi connectivity index (χ2n) is 8.47. The third-order valence-corrected chi connectivity index (χ3v) is 6.11. The summed E-state index contributed by atoms with van der Waals surface area (Å²) in [6.07, 6.45) is 3.89. The van der Waals surface area contributed by atoms with Crippen LogP contribution in [0.5, 0.6) is 17.2 Å². The fourth-order valence-corrected chi connectivity index (χ4v) is 4.39. The molecule has 0 saturated carbocycles. The highest BCUT2D eigenvalue weighted by Gasteiger charge is 2.42. The van der Waals surface area contributed by atoms with Crippen molar-refractivity contribution >= 4 is 5.91 Å². The lowest BCUT2D eigenvalue weighted by Crippen LogP contribution is -2.30. The fraction of sp³-hybridized carbons (Fsp3) is 0.407. The van der Waals surface area contributed by atoms with Crippen LogP contribution in [0.3, 0.4) is 0 Å². The van der Waals surface area contributed by atoms with Crippen molar-refractivity contribution < 1.29 is 19.4 Å². The summed E-state index contributed by atoms with van der Waals surface area (Å²) in [7, 11) is 0.